The quantitative estimate of drug-likeness (QED) is 0.183. The number of rotatable bonds is 4. The van der Waals surface area contributed by atoms with Crippen molar-refractivity contribution in [3.63, 3.8) is 0 Å². The van der Waals surface area contributed by atoms with E-state index in [1.54, 1.807) is 0 Å². The van der Waals surface area contributed by atoms with Crippen LogP contribution in [0.15, 0.2) is 176 Å². The molecule has 0 aliphatic heterocycles. The number of fused-ring (bicyclic) bond motifs is 13. The van der Waals surface area contributed by atoms with E-state index in [0.717, 1.165) is 77.2 Å². The molecule has 0 bridgehead atoms. The molecule has 7 heteroatoms. The monoisotopic (exact) mass is 703 g/mol. The van der Waals surface area contributed by atoms with Crippen LogP contribution in [-0.2, 0) is 0 Å². The lowest BCUT2D eigenvalue weighted by molar-refractivity contribution is 0.940. The standard InChI is InChI=1S/C48H29N7/c1-4-16-30(17-5-1)44-50-45(31-18-6-2-7-19-31)52-48(51-44)55-40-26-14-11-23-34(40)43-36-29-42-35(33-22-10-13-25-39(33)53(42)32-20-8-3-9-21-32)28-37(36)46-49-38-24-12-15-27-41(38)54(46)47(43)55/h1-29H. The van der Waals surface area contributed by atoms with Gasteiger partial charge in [-0.1, -0.05) is 127 Å². The Morgan fingerprint density at radius 3 is 1.62 bits per heavy atom. The van der Waals surface area contributed by atoms with Crippen LogP contribution in [0.1, 0.15) is 0 Å². The highest BCUT2D eigenvalue weighted by Crippen LogP contribution is 2.43. The average Bonchev–Trinajstić information content (AvgIpc) is 3.92. The van der Waals surface area contributed by atoms with E-state index in [1.807, 2.05) is 60.7 Å². The van der Waals surface area contributed by atoms with Gasteiger partial charge in [-0.05, 0) is 53.9 Å². The number of nitrogens with zero attached hydrogens (tertiary/aromatic N) is 7. The Morgan fingerprint density at radius 2 is 0.927 bits per heavy atom. The predicted molar refractivity (Wildman–Crippen MR) is 223 cm³/mol. The van der Waals surface area contributed by atoms with Crippen molar-refractivity contribution in [1.29, 1.82) is 0 Å². The summed E-state index contributed by atoms with van der Waals surface area (Å²) in [4.78, 5) is 20.9. The topological polar surface area (TPSA) is 65.8 Å². The number of aromatic nitrogens is 7. The van der Waals surface area contributed by atoms with Gasteiger partial charge in [0.1, 0.15) is 11.3 Å². The normalized spacial score (nSPS) is 12.0. The van der Waals surface area contributed by atoms with Gasteiger partial charge in [0.05, 0.1) is 27.6 Å². The molecule has 0 atom stereocenters. The molecule has 0 fully saturated rings. The third-order valence-electron chi connectivity index (χ3n) is 10.8. The third-order valence-corrected chi connectivity index (χ3v) is 10.8. The smallest absolute Gasteiger partial charge is 0.239 e. The van der Waals surface area contributed by atoms with Crippen molar-refractivity contribution in [2.45, 2.75) is 0 Å². The number of hydrogen-bond donors (Lipinski definition) is 0. The Bertz CT molecular complexity index is 3410. The number of hydrogen-bond acceptors (Lipinski definition) is 4. The summed E-state index contributed by atoms with van der Waals surface area (Å²) in [6.45, 7) is 0. The molecule has 0 spiro atoms. The summed E-state index contributed by atoms with van der Waals surface area (Å²) in [5.74, 6) is 1.76. The molecule has 5 heterocycles. The van der Waals surface area contributed by atoms with Gasteiger partial charge >= 0.3 is 0 Å². The average molecular weight is 704 g/mol. The molecule has 0 saturated carbocycles. The first kappa shape index (κ1) is 29.9. The number of pyridine rings is 1. The summed E-state index contributed by atoms with van der Waals surface area (Å²) in [6.07, 6.45) is 0. The predicted octanol–water partition coefficient (Wildman–Crippen LogP) is 11.4. The number of benzene rings is 7. The number of para-hydroxylation sites is 5. The van der Waals surface area contributed by atoms with Crippen molar-refractivity contribution < 1.29 is 0 Å². The van der Waals surface area contributed by atoms with Gasteiger partial charge in [-0.3, -0.25) is 8.97 Å². The van der Waals surface area contributed by atoms with Gasteiger partial charge in [0.15, 0.2) is 11.6 Å². The molecule has 5 aromatic heterocycles. The van der Waals surface area contributed by atoms with Crippen molar-refractivity contribution in [3.05, 3.63) is 176 Å². The molecule has 0 unspecified atom stereocenters. The van der Waals surface area contributed by atoms with E-state index in [-0.39, 0.29) is 0 Å². The minimum absolute atomic E-state index is 0.539. The Balaban J connectivity index is 1.30. The summed E-state index contributed by atoms with van der Waals surface area (Å²) in [7, 11) is 0. The van der Waals surface area contributed by atoms with Gasteiger partial charge in [0, 0.05) is 43.7 Å². The second-order valence-electron chi connectivity index (χ2n) is 13.9. The Labute approximate surface area is 314 Å². The maximum atomic E-state index is 5.37. The fraction of sp³-hybridized carbons (Fsp3) is 0. The van der Waals surface area contributed by atoms with Gasteiger partial charge in [-0.25, -0.2) is 9.97 Å². The largest absolute Gasteiger partial charge is 0.309 e. The molecular weight excluding hydrogens is 675 g/mol. The molecule has 12 rings (SSSR count). The zero-order valence-electron chi connectivity index (χ0n) is 29.4. The molecule has 0 saturated heterocycles. The summed E-state index contributed by atoms with van der Waals surface area (Å²) in [6, 6.07) is 61.3. The van der Waals surface area contributed by atoms with E-state index in [0.29, 0.717) is 17.6 Å². The fourth-order valence-corrected chi connectivity index (χ4v) is 8.49. The van der Waals surface area contributed by atoms with E-state index in [1.165, 1.54) is 10.8 Å². The van der Waals surface area contributed by atoms with Crippen LogP contribution < -0.4 is 0 Å². The number of imidazole rings is 1. The van der Waals surface area contributed by atoms with Crippen molar-refractivity contribution >= 4 is 71.2 Å². The van der Waals surface area contributed by atoms with Gasteiger partial charge in [0.2, 0.25) is 5.95 Å². The van der Waals surface area contributed by atoms with Gasteiger partial charge in [0.25, 0.3) is 0 Å². The molecule has 12 aromatic rings. The summed E-state index contributed by atoms with van der Waals surface area (Å²) >= 11 is 0. The first-order chi connectivity index (χ1) is 27.3. The minimum Gasteiger partial charge on any atom is -0.309 e. The highest BCUT2D eigenvalue weighted by Gasteiger charge is 2.25. The SMILES string of the molecule is c1ccc(-c2nc(-c3ccccc3)nc(-n3c4ccccc4c4c5cc6c(cc5c5nc7ccccc7n5c43)c3ccccc3n6-c3ccccc3)n2)cc1. The van der Waals surface area contributed by atoms with Gasteiger partial charge in [-0.15, -0.1) is 0 Å². The van der Waals surface area contributed by atoms with Crippen molar-refractivity contribution in [3.8, 4) is 34.4 Å². The summed E-state index contributed by atoms with van der Waals surface area (Å²) in [5, 5.41) is 6.79. The first-order valence-electron chi connectivity index (χ1n) is 18.4. The Morgan fingerprint density at radius 1 is 0.364 bits per heavy atom. The fourth-order valence-electron chi connectivity index (χ4n) is 8.49. The molecule has 7 nitrogen and oxygen atoms in total. The van der Waals surface area contributed by atoms with E-state index in [2.05, 4.69) is 129 Å². The van der Waals surface area contributed by atoms with Crippen LogP contribution in [0.2, 0.25) is 0 Å². The zero-order chi connectivity index (χ0) is 36.0. The Hall–Kier alpha value is -7.64. The lowest BCUT2D eigenvalue weighted by atomic mass is 10.0. The maximum absolute atomic E-state index is 5.37. The van der Waals surface area contributed by atoms with Crippen molar-refractivity contribution in [1.82, 2.24) is 33.5 Å². The van der Waals surface area contributed by atoms with Crippen LogP contribution in [0.4, 0.5) is 0 Å². The molecular formula is C48H29N7. The van der Waals surface area contributed by atoms with Crippen LogP contribution in [0, 0.1) is 0 Å². The first-order valence-corrected chi connectivity index (χ1v) is 18.4. The van der Waals surface area contributed by atoms with Crippen molar-refractivity contribution in [2.75, 3.05) is 0 Å². The molecule has 256 valence electrons. The Kier molecular flexibility index (Phi) is 6.21. The second-order valence-corrected chi connectivity index (χ2v) is 13.9. The molecule has 0 radical (unpaired) electrons. The highest BCUT2D eigenvalue weighted by atomic mass is 15.2. The van der Waals surface area contributed by atoms with Crippen molar-refractivity contribution in [2.24, 2.45) is 0 Å². The van der Waals surface area contributed by atoms with E-state index in [4.69, 9.17) is 19.9 Å². The summed E-state index contributed by atoms with van der Waals surface area (Å²) < 4.78 is 6.90. The lowest BCUT2D eigenvalue weighted by Gasteiger charge is -2.13. The lowest BCUT2D eigenvalue weighted by Crippen LogP contribution is -2.08. The van der Waals surface area contributed by atoms with Crippen LogP contribution in [0.25, 0.3) is 106 Å². The molecule has 7 aromatic carbocycles. The second kappa shape index (κ2) is 11.4. The third kappa shape index (κ3) is 4.32. The molecule has 55 heavy (non-hydrogen) atoms. The van der Waals surface area contributed by atoms with Crippen LogP contribution in [0.5, 0.6) is 0 Å². The maximum Gasteiger partial charge on any atom is 0.239 e. The van der Waals surface area contributed by atoms with Gasteiger partial charge in [-0.2, -0.15) is 9.97 Å². The molecule has 0 N–H and O–H groups in total. The summed E-state index contributed by atoms with van der Waals surface area (Å²) in [5.41, 5.74) is 10.0. The molecule has 0 aliphatic rings. The van der Waals surface area contributed by atoms with Crippen LogP contribution in [0.3, 0.4) is 0 Å². The van der Waals surface area contributed by atoms with Crippen LogP contribution in [-0.4, -0.2) is 33.5 Å². The van der Waals surface area contributed by atoms with E-state index in [9.17, 15) is 0 Å². The highest BCUT2D eigenvalue weighted by molar-refractivity contribution is 6.27. The van der Waals surface area contributed by atoms with Gasteiger partial charge < -0.3 is 4.57 Å². The molecule has 0 amide bonds. The van der Waals surface area contributed by atoms with Crippen LogP contribution >= 0.6 is 0 Å². The minimum atomic E-state index is 0.539. The van der Waals surface area contributed by atoms with E-state index >= 15 is 0 Å². The zero-order valence-corrected chi connectivity index (χ0v) is 29.4. The molecule has 0 aliphatic carbocycles. The van der Waals surface area contributed by atoms with E-state index < -0.39 is 0 Å².